The molecule has 0 atom stereocenters. The minimum atomic E-state index is -1.20. The van der Waals surface area contributed by atoms with E-state index in [1.807, 2.05) is 0 Å². The standard InChI is InChI=1S/C9H6FN3O2/c10-6-3-1-2-4-8(6)13-11-5-7(12-13)9(14)15/h1-5H,(H,14,15). The molecule has 1 aromatic carbocycles. The fourth-order valence-electron chi connectivity index (χ4n) is 1.09. The largest absolute Gasteiger partial charge is 0.476 e. The number of carbonyl (C=O) groups is 1. The molecule has 0 radical (unpaired) electrons. The van der Waals surface area contributed by atoms with Gasteiger partial charge in [-0.1, -0.05) is 12.1 Å². The summed E-state index contributed by atoms with van der Waals surface area (Å²) in [6.45, 7) is 0. The van der Waals surface area contributed by atoms with E-state index in [1.165, 1.54) is 18.2 Å². The van der Waals surface area contributed by atoms with Crippen molar-refractivity contribution in [2.45, 2.75) is 0 Å². The summed E-state index contributed by atoms with van der Waals surface area (Å²) in [4.78, 5) is 11.5. The maximum atomic E-state index is 13.2. The van der Waals surface area contributed by atoms with Crippen LogP contribution in [0.1, 0.15) is 10.5 Å². The highest BCUT2D eigenvalue weighted by molar-refractivity contribution is 5.84. The molecular formula is C9H6FN3O2. The number of carboxylic acids is 1. The fourth-order valence-corrected chi connectivity index (χ4v) is 1.09. The van der Waals surface area contributed by atoms with Gasteiger partial charge in [-0.2, -0.15) is 5.10 Å². The topological polar surface area (TPSA) is 68.0 Å². The molecule has 0 amide bonds. The molecule has 2 rings (SSSR count). The molecule has 0 spiro atoms. The molecule has 0 aliphatic rings. The van der Waals surface area contributed by atoms with Crippen molar-refractivity contribution in [3.8, 4) is 5.69 Å². The second-order valence-corrected chi connectivity index (χ2v) is 2.78. The molecular weight excluding hydrogens is 201 g/mol. The highest BCUT2D eigenvalue weighted by atomic mass is 19.1. The average Bonchev–Trinajstić information content (AvgIpc) is 2.67. The van der Waals surface area contributed by atoms with E-state index in [0.29, 0.717) is 0 Å². The van der Waals surface area contributed by atoms with Gasteiger partial charge in [0.2, 0.25) is 0 Å². The van der Waals surface area contributed by atoms with Gasteiger partial charge in [-0.25, -0.2) is 9.18 Å². The van der Waals surface area contributed by atoms with Gasteiger partial charge in [0.1, 0.15) is 5.69 Å². The van der Waals surface area contributed by atoms with Gasteiger partial charge < -0.3 is 5.11 Å². The van der Waals surface area contributed by atoms with Crippen LogP contribution >= 0.6 is 0 Å². The molecule has 1 heterocycles. The number of nitrogens with zero attached hydrogens (tertiary/aromatic N) is 3. The van der Waals surface area contributed by atoms with Gasteiger partial charge in [0, 0.05) is 0 Å². The van der Waals surface area contributed by atoms with Crippen LogP contribution in [0.2, 0.25) is 0 Å². The molecule has 1 aromatic heterocycles. The van der Waals surface area contributed by atoms with E-state index in [1.54, 1.807) is 6.07 Å². The number of hydrogen-bond acceptors (Lipinski definition) is 3. The van der Waals surface area contributed by atoms with Crippen molar-refractivity contribution < 1.29 is 14.3 Å². The third-order valence-electron chi connectivity index (χ3n) is 1.78. The first kappa shape index (κ1) is 9.32. The van der Waals surface area contributed by atoms with Crippen molar-refractivity contribution >= 4 is 5.97 Å². The van der Waals surface area contributed by atoms with Gasteiger partial charge in [0.15, 0.2) is 11.5 Å². The lowest BCUT2D eigenvalue weighted by Gasteiger charge is -1.99. The van der Waals surface area contributed by atoms with Crippen molar-refractivity contribution in [2.75, 3.05) is 0 Å². The van der Waals surface area contributed by atoms with Crippen LogP contribution in [0, 0.1) is 5.82 Å². The van der Waals surface area contributed by atoms with Crippen molar-refractivity contribution in [1.82, 2.24) is 15.0 Å². The second-order valence-electron chi connectivity index (χ2n) is 2.78. The average molecular weight is 207 g/mol. The molecule has 15 heavy (non-hydrogen) atoms. The summed E-state index contributed by atoms with van der Waals surface area (Å²) in [5, 5.41) is 15.9. The minimum Gasteiger partial charge on any atom is -0.476 e. The number of hydrogen-bond donors (Lipinski definition) is 1. The summed E-state index contributed by atoms with van der Waals surface area (Å²) in [6, 6.07) is 5.85. The van der Waals surface area contributed by atoms with Crippen molar-refractivity contribution in [2.24, 2.45) is 0 Å². The predicted octanol–water partition coefficient (Wildman–Crippen LogP) is 1.10. The highest BCUT2D eigenvalue weighted by Crippen LogP contribution is 2.10. The van der Waals surface area contributed by atoms with E-state index in [2.05, 4.69) is 10.2 Å². The van der Waals surface area contributed by atoms with Crippen LogP contribution < -0.4 is 0 Å². The van der Waals surface area contributed by atoms with E-state index in [-0.39, 0.29) is 11.4 Å². The number of benzene rings is 1. The summed E-state index contributed by atoms with van der Waals surface area (Å²) in [5.41, 5.74) is -0.108. The molecule has 0 saturated heterocycles. The molecule has 0 bridgehead atoms. The van der Waals surface area contributed by atoms with Gasteiger partial charge >= 0.3 is 5.97 Å². The number of halogens is 1. The summed E-state index contributed by atoms with van der Waals surface area (Å²) in [7, 11) is 0. The first-order chi connectivity index (χ1) is 7.18. The maximum Gasteiger partial charge on any atom is 0.358 e. The third-order valence-corrected chi connectivity index (χ3v) is 1.78. The third kappa shape index (κ3) is 1.69. The van der Waals surface area contributed by atoms with Crippen LogP contribution in [0.4, 0.5) is 4.39 Å². The van der Waals surface area contributed by atoms with Gasteiger partial charge in [-0.15, -0.1) is 9.90 Å². The summed E-state index contributed by atoms with van der Waals surface area (Å²) >= 11 is 0. The van der Waals surface area contributed by atoms with Crippen molar-refractivity contribution in [3.05, 3.63) is 42.0 Å². The molecule has 2 aromatic rings. The zero-order valence-corrected chi connectivity index (χ0v) is 7.46. The molecule has 5 nitrogen and oxygen atoms in total. The van der Waals surface area contributed by atoms with Crippen LogP contribution in [-0.2, 0) is 0 Å². The first-order valence-corrected chi connectivity index (χ1v) is 4.09. The van der Waals surface area contributed by atoms with E-state index in [0.717, 1.165) is 11.0 Å². The Kier molecular flexibility index (Phi) is 2.17. The Morgan fingerprint density at radius 2 is 2.13 bits per heavy atom. The molecule has 6 heteroatoms. The van der Waals surface area contributed by atoms with Gasteiger partial charge in [-0.05, 0) is 12.1 Å². The molecule has 76 valence electrons. The lowest BCUT2D eigenvalue weighted by atomic mass is 10.3. The Morgan fingerprint density at radius 1 is 1.40 bits per heavy atom. The Bertz CT molecular complexity index is 510. The van der Waals surface area contributed by atoms with Gasteiger partial charge in [0.25, 0.3) is 0 Å². The Labute approximate surface area is 83.8 Å². The van der Waals surface area contributed by atoms with Crippen LogP contribution in [0.5, 0.6) is 0 Å². The van der Waals surface area contributed by atoms with Crippen LogP contribution in [0.25, 0.3) is 5.69 Å². The van der Waals surface area contributed by atoms with Crippen LogP contribution in [-0.4, -0.2) is 26.1 Å². The van der Waals surface area contributed by atoms with E-state index >= 15 is 0 Å². The second kappa shape index (κ2) is 3.49. The molecule has 0 aliphatic carbocycles. The highest BCUT2D eigenvalue weighted by Gasteiger charge is 2.11. The molecule has 1 N–H and O–H groups in total. The normalized spacial score (nSPS) is 10.2. The molecule has 0 saturated carbocycles. The monoisotopic (exact) mass is 207 g/mol. The van der Waals surface area contributed by atoms with Crippen LogP contribution in [0.15, 0.2) is 30.5 Å². The van der Waals surface area contributed by atoms with E-state index < -0.39 is 11.8 Å². The fraction of sp³-hybridized carbons (Fsp3) is 0. The first-order valence-electron chi connectivity index (χ1n) is 4.09. The smallest absolute Gasteiger partial charge is 0.358 e. The summed E-state index contributed by atoms with van der Waals surface area (Å²) in [6.07, 6.45) is 1.06. The summed E-state index contributed by atoms with van der Waals surface area (Å²) < 4.78 is 13.2. The number of aromatic nitrogens is 3. The number of carboxylic acid groups (broad SMARTS) is 1. The SMILES string of the molecule is O=C(O)c1cnn(-c2ccccc2F)n1. The van der Waals surface area contributed by atoms with E-state index in [9.17, 15) is 9.18 Å². The Hall–Kier alpha value is -2.24. The number of aromatic carboxylic acids is 1. The van der Waals surface area contributed by atoms with E-state index in [4.69, 9.17) is 5.11 Å². The maximum absolute atomic E-state index is 13.2. The number of rotatable bonds is 2. The Balaban J connectivity index is 2.46. The number of para-hydroxylation sites is 1. The molecule has 0 aliphatic heterocycles. The van der Waals surface area contributed by atoms with Gasteiger partial charge in [-0.3, -0.25) is 0 Å². The zero-order chi connectivity index (χ0) is 10.8. The van der Waals surface area contributed by atoms with Crippen LogP contribution in [0.3, 0.4) is 0 Å². The molecule has 0 fully saturated rings. The minimum absolute atomic E-state index is 0.116. The predicted molar refractivity (Wildman–Crippen MR) is 48.3 cm³/mol. The lowest BCUT2D eigenvalue weighted by molar-refractivity contribution is 0.0690. The molecule has 0 unspecified atom stereocenters. The zero-order valence-electron chi connectivity index (χ0n) is 7.46. The van der Waals surface area contributed by atoms with Crippen molar-refractivity contribution in [1.29, 1.82) is 0 Å². The quantitative estimate of drug-likeness (QED) is 0.800. The van der Waals surface area contributed by atoms with Crippen molar-refractivity contribution in [3.63, 3.8) is 0 Å². The van der Waals surface area contributed by atoms with Gasteiger partial charge in [0.05, 0.1) is 6.20 Å². The lowest BCUT2D eigenvalue weighted by Crippen LogP contribution is -2.03. The Morgan fingerprint density at radius 3 is 2.73 bits per heavy atom. The summed E-state index contributed by atoms with van der Waals surface area (Å²) in [5.74, 6) is -1.71.